The van der Waals surface area contributed by atoms with Crippen LogP contribution in [0.4, 0.5) is 8.78 Å². The predicted octanol–water partition coefficient (Wildman–Crippen LogP) is 1.96. The minimum atomic E-state index is -2.10. The third-order valence-corrected chi connectivity index (χ3v) is 8.14. The third-order valence-electron chi connectivity index (χ3n) is 8.14. The number of rotatable bonds is 4. The van der Waals surface area contributed by atoms with Crippen LogP contribution in [0.2, 0.25) is 0 Å². The zero-order valence-corrected chi connectivity index (χ0v) is 20.7. The molecule has 3 aliphatic rings. The maximum Gasteiger partial charge on any atom is 0.343 e. The summed E-state index contributed by atoms with van der Waals surface area (Å²) in [5.41, 5.74) is 1.32. The average molecular weight is 526 g/mol. The van der Waals surface area contributed by atoms with Crippen molar-refractivity contribution in [2.24, 2.45) is 0 Å². The summed E-state index contributed by atoms with van der Waals surface area (Å²) in [6.45, 7) is 2.11. The van der Waals surface area contributed by atoms with Crippen LogP contribution in [-0.2, 0) is 39.5 Å². The predicted molar refractivity (Wildman–Crippen MR) is 130 cm³/mol. The van der Waals surface area contributed by atoms with Gasteiger partial charge >= 0.3 is 5.97 Å². The summed E-state index contributed by atoms with van der Waals surface area (Å²) in [6, 6.07) is 2.19. The van der Waals surface area contributed by atoms with Crippen molar-refractivity contribution in [1.29, 1.82) is 0 Å². The van der Waals surface area contributed by atoms with E-state index in [9.17, 15) is 28.3 Å². The van der Waals surface area contributed by atoms with E-state index in [1.807, 2.05) is 0 Å². The Hall–Kier alpha value is -3.70. The van der Waals surface area contributed by atoms with Crippen molar-refractivity contribution in [3.63, 3.8) is 0 Å². The van der Waals surface area contributed by atoms with Gasteiger partial charge in [-0.05, 0) is 48.9 Å². The second-order valence-corrected chi connectivity index (χ2v) is 10.1. The molecule has 38 heavy (non-hydrogen) atoms. The van der Waals surface area contributed by atoms with E-state index in [0.29, 0.717) is 51.8 Å². The second kappa shape index (κ2) is 8.40. The van der Waals surface area contributed by atoms with Gasteiger partial charge in [-0.15, -0.1) is 0 Å². The van der Waals surface area contributed by atoms with Gasteiger partial charge in [0.15, 0.2) is 5.60 Å². The van der Waals surface area contributed by atoms with E-state index in [1.165, 1.54) is 10.6 Å². The van der Waals surface area contributed by atoms with Gasteiger partial charge in [0, 0.05) is 22.6 Å². The first-order valence-corrected chi connectivity index (χ1v) is 12.5. The van der Waals surface area contributed by atoms with Crippen LogP contribution < -0.4 is 10.9 Å². The summed E-state index contributed by atoms with van der Waals surface area (Å²) < 4.78 is 35.5. The molecule has 3 N–H and O–H groups in total. The number of cyclic esters (lactones) is 1. The van der Waals surface area contributed by atoms with E-state index in [2.05, 4.69) is 5.32 Å². The summed E-state index contributed by atoms with van der Waals surface area (Å²) in [5, 5.41) is 23.5. The van der Waals surface area contributed by atoms with E-state index >= 15 is 0 Å². The van der Waals surface area contributed by atoms with Crippen molar-refractivity contribution >= 4 is 22.8 Å². The van der Waals surface area contributed by atoms with Gasteiger partial charge in [-0.25, -0.2) is 18.6 Å². The molecule has 2 aromatic heterocycles. The van der Waals surface area contributed by atoms with Crippen LogP contribution in [0, 0.1) is 12.7 Å². The number of hydrogen-bond acceptors (Lipinski definition) is 7. The van der Waals surface area contributed by atoms with E-state index < -0.39 is 47.7 Å². The van der Waals surface area contributed by atoms with Crippen LogP contribution in [0.15, 0.2) is 16.9 Å². The number of fused-ring (bicyclic) bond motifs is 5. The number of alkyl halides is 1. The number of aromatic nitrogens is 2. The third kappa shape index (κ3) is 3.21. The Morgan fingerprint density at radius 1 is 1.32 bits per heavy atom. The van der Waals surface area contributed by atoms with E-state index in [0.717, 1.165) is 5.56 Å². The van der Waals surface area contributed by atoms with Crippen LogP contribution in [0.3, 0.4) is 0 Å². The summed E-state index contributed by atoms with van der Waals surface area (Å²) in [4.78, 5) is 43.2. The van der Waals surface area contributed by atoms with Crippen LogP contribution in [0.1, 0.15) is 59.2 Å². The van der Waals surface area contributed by atoms with Crippen molar-refractivity contribution in [2.75, 3.05) is 6.61 Å². The highest BCUT2D eigenvalue weighted by Crippen LogP contribution is 2.45. The molecule has 1 aromatic carbocycles. The Balaban J connectivity index is 1.63. The van der Waals surface area contributed by atoms with Gasteiger partial charge in [-0.2, -0.15) is 0 Å². The standard InChI is InChI=1S/C27H25F2N3O6/c1-3-27(37)15-6-20-23-13(8-32(20)25(35)14(15)10-38-26(27)36)22-18(31-24(34)17(29)9-33)5-4-12-11(2)16(28)7-19(30-23)21(12)22/h6-7,17-18,33,37H,3-5,8-10H2,1-2H3,(H,31,34)/t17?,18-,27-/m0/s1. The van der Waals surface area contributed by atoms with E-state index in [-0.39, 0.29) is 30.7 Å². The average Bonchev–Trinajstić information content (AvgIpc) is 3.28. The number of amides is 1. The monoisotopic (exact) mass is 525 g/mol. The Labute approximate surface area is 215 Å². The molecule has 4 heterocycles. The first kappa shape index (κ1) is 24.6. The largest absolute Gasteiger partial charge is 0.458 e. The van der Waals surface area contributed by atoms with Gasteiger partial charge in [-0.1, -0.05) is 6.92 Å². The lowest BCUT2D eigenvalue weighted by atomic mass is 9.81. The molecule has 1 amide bonds. The number of aryl methyl sites for hydroxylation is 1. The summed E-state index contributed by atoms with van der Waals surface area (Å²) >= 11 is 0. The zero-order chi connectivity index (χ0) is 27.1. The molecule has 1 aliphatic carbocycles. The maximum atomic E-state index is 14.9. The van der Waals surface area contributed by atoms with Crippen molar-refractivity contribution in [1.82, 2.24) is 14.9 Å². The fourth-order valence-corrected chi connectivity index (χ4v) is 6.04. The minimum Gasteiger partial charge on any atom is -0.458 e. The lowest BCUT2D eigenvalue weighted by molar-refractivity contribution is -0.172. The number of halogens is 2. The number of hydrogen-bond donors (Lipinski definition) is 3. The topological polar surface area (TPSA) is 131 Å². The molecule has 9 nitrogen and oxygen atoms in total. The molecular weight excluding hydrogens is 500 g/mol. The highest BCUT2D eigenvalue weighted by molar-refractivity contribution is 5.94. The summed E-state index contributed by atoms with van der Waals surface area (Å²) in [6.07, 6.45) is -1.35. The van der Waals surface area contributed by atoms with E-state index in [1.54, 1.807) is 19.9 Å². The Morgan fingerprint density at radius 3 is 2.79 bits per heavy atom. The van der Waals surface area contributed by atoms with Gasteiger partial charge in [0.25, 0.3) is 11.5 Å². The molecular formula is C27H25F2N3O6. The quantitative estimate of drug-likeness (QED) is 0.347. The van der Waals surface area contributed by atoms with Gasteiger partial charge < -0.3 is 24.8 Å². The molecule has 198 valence electrons. The molecule has 0 bridgehead atoms. The van der Waals surface area contributed by atoms with Crippen molar-refractivity contribution in [3.8, 4) is 11.4 Å². The fraction of sp³-hybridized carbons (Fsp3) is 0.407. The van der Waals surface area contributed by atoms with Crippen molar-refractivity contribution in [2.45, 2.75) is 64.1 Å². The number of nitrogens with one attached hydrogen (secondary N) is 1. The molecule has 0 radical (unpaired) electrons. The number of aliphatic hydroxyl groups is 2. The van der Waals surface area contributed by atoms with Gasteiger partial charge in [0.1, 0.15) is 12.4 Å². The number of carbonyl (C=O) groups is 2. The summed E-state index contributed by atoms with van der Waals surface area (Å²) in [7, 11) is 0. The van der Waals surface area contributed by atoms with Gasteiger partial charge in [0.2, 0.25) is 6.17 Å². The molecule has 0 spiro atoms. The number of carbonyl (C=O) groups excluding carboxylic acids is 2. The van der Waals surface area contributed by atoms with Gasteiger partial charge in [-0.3, -0.25) is 9.59 Å². The molecule has 0 fully saturated rings. The number of benzene rings is 1. The normalized spacial score (nSPS) is 21.9. The van der Waals surface area contributed by atoms with Crippen LogP contribution in [0.5, 0.6) is 0 Å². The molecule has 3 atom stereocenters. The first-order valence-electron chi connectivity index (χ1n) is 12.5. The van der Waals surface area contributed by atoms with Crippen LogP contribution in [-0.4, -0.2) is 44.4 Å². The molecule has 0 saturated carbocycles. The Morgan fingerprint density at radius 2 is 2.08 bits per heavy atom. The highest BCUT2D eigenvalue weighted by atomic mass is 19.1. The van der Waals surface area contributed by atoms with Gasteiger partial charge in [0.05, 0.1) is 41.7 Å². The number of pyridine rings is 2. The number of esters is 1. The lowest BCUT2D eigenvalue weighted by Gasteiger charge is -2.31. The van der Waals surface area contributed by atoms with Crippen molar-refractivity contribution in [3.05, 3.63) is 61.7 Å². The fourth-order valence-electron chi connectivity index (χ4n) is 6.04. The van der Waals surface area contributed by atoms with E-state index in [4.69, 9.17) is 14.8 Å². The molecule has 0 saturated heterocycles. The Bertz CT molecular complexity index is 1630. The second-order valence-electron chi connectivity index (χ2n) is 10.1. The van der Waals surface area contributed by atoms with Crippen LogP contribution in [0.25, 0.3) is 22.3 Å². The number of nitrogens with zero attached hydrogens (tertiary/aromatic N) is 2. The minimum absolute atomic E-state index is 0.0117. The zero-order valence-electron chi connectivity index (χ0n) is 20.7. The Kier molecular flexibility index (Phi) is 5.45. The van der Waals surface area contributed by atoms with Crippen molar-refractivity contribution < 1.29 is 33.3 Å². The molecule has 2 aliphatic heterocycles. The molecule has 11 heteroatoms. The molecule has 1 unspecified atom stereocenters. The van der Waals surface area contributed by atoms with Crippen LogP contribution >= 0.6 is 0 Å². The lowest BCUT2D eigenvalue weighted by Crippen LogP contribution is -2.44. The SMILES string of the molecule is CC[C@@]1(O)C(=O)OCc2c1cc1n(c2=O)Cc2c-1nc1cc(F)c(C)c3c1c2[C@@H](NC(=O)C(F)CO)CC3. The molecule has 6 rings (SSSR count). The number of ether oxygens (including phenoxy) is 1. The highest BCUT2D eigenvalue weighted by Gasteiger charge is 2.46. The number of aliphatic hydroxyl groups excluding tert-OH is 1. The maximum absolute atomic E-state index is 14.9. The summed E-state index contributed by atoms with van der Waals surface area (Å²) in [5.74, 6) is -2.25. The molecule has 3 aromatic rings. The first-order chi connectivity index (χ1) is 18.1. The smallest absolute Gasteiger partial charge is 0.343 e.